The summed E-state index contributed by atoms with van der Waals surface area (Å²) in [6, 6.07) is 11.8. The smallest absolute Gasteiger partial charge is 0.328 e. The van der Waals surface area contributed by atoms with Gasteiger partial charge in [0, 0.05) is 36.6 Å². The monoisotopic (exact) mass is 454 g/mol. The molecule has 9 heteroatoms. The van der Waals surface area contributed by atoms with Crippen LogP contribution in [0.2, 0.25) is 5.02 Å². The van der Waals surface area contributed by atoms with Crippen molar-refractivity contribution < 1.29 is 19.0 Å². The number of anilines is 3. The fourth-order valence-corrected chi connectivity index (χ4v) is 3.51. The van der Waals surface area contributed by atoms with Gasteiger partial charge in [0.25, 0.3) is 0 Å². The van der Waals surface area contributed by atoms with Gasteiger partial charge in [0.05, 0.1) is 18.2 Å². The first kappa shape index (κ1) is 21.7. The molecule has 0 atom stereocenters. The molecule has 32 heavy (non-hydrogen) atoms. The fraction of sp³-hybridized carbons (Fsp3) is 0.174. The summed E-state index contributed by atoms with van der Waals surface area (Å²) in [4.78, 5) is 22.1. The molecule has 2 aromatic carbocycles. The summed E-state index contributed by atoms with van der Waals surface area (Å²) in [5, 5.41) is 12.0. The molecule has 2 heterocycles. The van der Waals surface area contributed by atoms with Crippen molar-refractivity contribution in [2.24, 2.45) is 0 Å². The minimum absolute atomic E-state index is 0.00579. The van der Waals surface area contributed by atoms with Gasteiger partial charge in [0.1, 0.15) is 11.6 Å². The molecule has 0 aliphatic carbocycles. The van der Waals surface area contributed by atoms with Gasteiger partial charge in [-0.1, -0.05) is 29.8 Å². The Morgan fingerprint density at radius 1 is 1.22 bits per heavy atom. The largest absolute Gasteiger partial charge is 0.478 e. The van der Waals surface area contributed by atoms with Gasteiger partial charge in [0.15, 0.2) is 0 Å². The Hall–Kier alpha value is -3.49. The number of carboxylic acid groups (broad SMARTS) is 1. The highest BCUT2D eigenvalue weighted by Gasteiger charge is 2.19. The van der Waals surface area contributed by atoms with Crippen LogP contribution in [0.4, 0.5) is 21.8 Å². The third-order valence-electron chi connectivity index (χ3n) is 4.87. The number of ether oxygens (including phenoxy) is 1. The zero-order valence-corrected chi connectivity index (χ0v) is 17.7. The van der Waals surface area contributed by atoms with Crippen molar-refractivity contribution in [1.29, 1.82) is 0 Å². The highest BCUT2D eigenvalue weighted by Crippen LogP contribution is 2.32. The first-order chi connectivity index (χ1) is 15.5. The summed E-state index contributed by atoms with van der Waals surface area (Å²) in [5.41, 5.74) is 2.98. The Kier molecular flexibility index (Phi) is 6.63. The first-order valence-electron chi connectivity index (χ1n) is 9.93. The first-order valence-corrected chi connectivity index (χ1v) is 10.3. The molecule has 7 nitrogen and oxygen atoms in total. The van der Waals surface area contributed by atoms with Crippen LogP contribution in [0.25, 0.3) is 17.2 Å². The van der Waals surface area contributed by atoms with Crippen molar-refractivity contribution in [3.63, 3.8) is 0 Å². The van der Waals surface area contributed by atoms with Crippen LogP contribution in [0, 0.1) is 5.82 Å². The van der Waals surface area contributed by atoms with E-state index in [0.29, 0.717) is 37.9 Å². The van der Waals surface area contributed by atoms with Crippen LogP contribution < -0.4 is 10.2 Å². The molecule has 0 unspecified atom stereocenters. The summed E-state index contributed by atoms with van der Waals surface area (Å²) in [7, 11) is 0. The molecular formula is C23H20ClFN4O3. The van der Waals surface area contributed by atoms with Crippen molar-refractivity contribution in [3.05, 3.63) is 71.1 Å². The number of hydrogen-bond donors (Lipinski definition) is 2. The number of benzene rings is 2. The maximum absolute atomic E-state index is 13.5. The SMILES string of the molecule is O=C(O)/C=C/c1cccc(-c2cnc(Nc3ccc(F)c(Cl)c3)nc2N2CCOCC2)c1. The Bertz CT molecular complexity index is 1170. The molecule has 2 N–H and O–H groups in total. The van der Waals surface area contributed by atoms with Gasteiger partial charge in [-0.2, -0.15) is 4.98 Å². The lowest BCUT2D eigenvalue weighted by atomic mass is 10.0. The quantitative estimate of drug-likeness (QED) is 0.525. The van der Waals surface area contributed by atoms with E-state index in [1.54, 1.807) is 12.3 Å². The van der Waals surface area contributed by atoms with E-state index in [0.717, 1.165) is 28.6 Å². The molecule has 0 spiro atoms. The third kappa shape index (κ3) is 5.22. The number of hydrogen-bond acceptors (Lipinski definition) is 6. The highest BCUT2D eigenvalue weighted by atomic mass is 35.5. The summed E-state index contributed by atoms with van der Waals surface area (Å²) < 4.78 is 18.9. The summed E-state index contributed by atoms with van der Waals surface area (Å²) in [6.07, 6.45) is 4.35. The van der Waals surface area contributed by atoms with Crippen LogP contribution in [-0.2, 0) is 9.53 Å². The average Bonchev–Trinajstić information content (AvgIpc) is 2.81. The second kappa shape index (κ2) is 9.76. The van der Waals surface area contributed by atoms with Gasteiger partial charge >= 0.3 is 5.97 Å². The number of rotatable bonds is 6. The standard InChI is InChI=1S/C23H20ClFN4O3/c24-19-13-17(5-6-20(19)25)27-23-26-14-18(22(28-23)29-8-10-32-11-9-29)16-3-1-2-15(12-16)4-7-21(30)31/h1-7,12-14H,8-11H2,(H,30,31)(H,26,27,28)/b7-4+. The predicted molar refractivity (Wildman–Crippen MR) is 122 cm³/mol. The van der Waals surface area contributed by atoms with Crippen molar-refractivity contribution in [3.8, 4) is 11.1 Å². The highest BCUT2D eigenvalue weighted by molar-refractivity contribution is 6.31. The topological polar surface area (TPSA) is 87.6 Å². The number of carbonyl (C=O) groups is 1. The lowest BCUT2D eigenvalue weighted by Crippen LogP contribution is -2.37. The van der Waals surface area contributed by atoms with E-state index in [1.165, 1.54) is 18.2 Å². The zero-order valence-electron chi connectivity index (χ0n) is 17.0. The van der Waals surface area contributed by atoms with Crippen molar-refractivity contribution in [2.75, 3.05) is 36.5 Å². The molecule has 164 valence electrons. The van der Waals surface area contributed by atoms with E-state index < -0.39 is 11.8 Å². The van der Waals surface area contributed by atoms with Gasteiger partial charge in [-0.15, -0.1) is 0 Å². The molecule has 1 fully saturated rings. The van der Waals surface area contributed by atoms with Crippen LogP contribution in [0.1, 0.15) is 5.56 Å². The average molecular weight is 455 g/mol. The number of halogens is 2. The number of nitrogens with one attached hydrogen (secondary N) is 1. The number of morpholine rings is 1. The van der Waals surface area contributed by atoms with Crippen LogP contribution in [0.5, 0.6) is 0 Å². The van der Waals surface area contributed by atoms with E-state index in [9.17, 15) is 9.18 Å². The van der Waals surface area contributed by atoms with Crippen molar-refractivity contribution in [2.45, 2.75) is 0 Å². The summed E-state index contributed by atoms with van der Waals surface area (Å²) in [6.45, 7) is 2.51. The number of carboxylic acids is 1. The van der Waals surface area contributed by atoms with Crippen LogP contribution in [0.15, 0.2) is 54.7 Å². The molecule has 0 bridgehead atoms. The molecular weight excluding hydrogens is 435 g/mol. The zero-order chi connectivity index (χ0) is 22.5. The molecule has 0 radical (unpaired) electrons. The lowest BCUT2D eigenvalue weighted by molar-refractivity contribution is -0.131. The lowest BCUT2D eigenvalue weighted by Gasteiger charge is -2.29. The van der Waals surface area contributed by atoms with E-state index in [1.807, 2.05) is 24.3 Å². The van der Waals surface area contributed by atoms with Gasteiger partial charge in [-0.3, -0.25) is 0 Å². The van der Waals surface area contributed by atoms with Gasteiger partial charge in [-0.05, 0) is 41.5 Å². The maximum atomic E-state index is 13.5. The molecule has 1 aliphatic heterocycles. The molecule has 1 saturated heterocycles. The molecule has 4 rings (SSSR count). The second-order valence-electron chi connectivity index (χ2n) is 7.08. The van der Waals surface area contributed by atoms with Crippen LogP contribution in [0.3, 0.4) is 0 Å². The van der Waals surface area contributed by atoms with Crippen LogP contribution >= 0.6 is 11.6 Å². The van der Waals surface area contributed by atoms with E-state index in [-0.39, 0.29) is 5.02 Å². The Morgan fingerprint density at radius 3 is 2.78 bits per heavy atom. The van der Waals surface area contributed by atoms with Gasteiger partial charge < -0.3 is 20.1 Å². The van der Waals surface area contributed by atoms with E-state index in [4.69, 9.17) is 26.4 Å². The van der Waals surface area contributed by atoms with Crippen LogP contribution in [-0.4, -0.2) is 47.3 Å². The Morgan fingerprint density at radius 2 is 2.03 bits per heavy atom. The number of aliphatic carboxylic acids is 1. The predicted octanol–water partition coefficient (Wildman–Crippen LogP) is 4.61. The van der Waals surface area contributed by atoms with Gasteiger partial charge in [-0.25, -0.2) is 14.2 Å². The van der Waals surface area contributed by atoms with Gasteiger partial charge in [0.2, 0.25) is 5.95 Å². The third-order valence-corrected chi connectivity index (χ3v) is 5.16. The molecule has 1 aliphatic rings. The van der Waals surface area contributed by atoms with Crippen molar-refractivity contribution >= 4 is 41.1 Å². The normalized spacial score (nSPS) is 14.0. The number of nitrogens with zero attached hydrogens (tertiary/aromatic N) is 3. The molecule has 1 aromatic heterocycles. The van der Waals surface area contributed by atoms with E-state index in [2.05, 4.69) is 15.2 Å². The fourth-order valence-electron chi connectivity index (χ4n) is 3.33. The number of aromatic nitrogens is 2. The Labute approximate surface area is 189 Å². The minimum Gasteiger partial charge on any atom is -0.478 e. The molecule has 3 aromatic rings. The maximum Gasteiger partial charge on any atom is 0.328 e. The molecule has 0 saturated carbocycles. The summed E-state index contributed by atoms with van der Waals surface area (Å²) in [5.74, 6) is -0.443. The second-order valence-corrected chi connectivity index (χ2v) is 7.49. The van der Waals surface area contributed by atoms with Crippen molar-refractivity contribution in [1.82, 2.24) is 9.97 Å². The van der Waals surface area contributed by atoms with E-state index >= 15 is 0 Å². The Balaban J connectivity index is 1.71. The minimum atomic E-state index is -1.01. The molecule has 0 amide bonds. The summed E-state index contributed by atoms with van der Waals surface area (Å²) >= 11 is 5.88.